The second kappa shape index (κ2) is 6.96. The van der Waals surface area contributed by atoms with Gasteiger partial charge in [-0.1, -0.05) is 15.9 Å². The van der Waals surface area contributed by atoms with E-state index in [0.29, 0.717) is 33.1 Å². The maximum atomic E-state index is 12.5. The van der Waals surface area contributed by atoms with E-state index in [9.17, 15) is 8.78 Å². The fourth-order valence-corrected chi connectivity index (χ4v) is 3.30. The maximum Gasteiger partial charge on any atom is 0.387 e. The van der Waals surface area contributed by atoms with Gasteiger partial charge in [-0.05, 0) is 42.5 Å². The van der Waals surface area contributed by atoms with E-state index in [0.717, 1.165) is 6.54 Å². The fourth-order valence-electron chi connectivity index (χ4n) is 2.66. The zero-order chi connectivity index (χ0) is 18.3. The number of alkyl halides is 2. The Morgan fingerprint density at radius 3 is 2.85 bits per heavy atom. The Kier molecular flexibility index (Phi) is 4.66. The number of benzene rings is 1. The minimum absolute atomic E-state index is 0.0209. The first-order valence-corrected chi connectivity index (χ1v) is 9.06. The molecule has 0 spiro atoms. The zero-order valence-corrected chi connectivity index (χ0v) is 15.6. The van der Waals surface area contributed by atoms with Crippen molar-refractivity contribution in [3.05, 3.63) is 34.3 Å². The summed E-state index contributed by atoms with van der Waals surface area (Å²) in [6.45, 7) is -2.07. The van der Waals surface area contributed by atoms with E-state index in [2.05, 4.69) is 40.9 Å². The third-order valence-corrected chi connectivity index (χ3v) is 4.57. The summed E-state index contributed by atoms with van der Waals surface area (Å²) in [4.78, 5) is 12.8. The van der Waals surface area contributed by atoms with Crippen LogP contribution in [0, 0.1) is 5.92 Å². The largest absolute Gasteiger partial charge is 0.435 e. The molecule has 1 saturated carbocycles. The molecule has 26 heavy (non-hydrogen) atoms. The van der Waals surface area contributed by atoms with Crippen molar-refractivity contribution in [1.29, 1.82) is 0 Å². The van der Waals surface area contributed by atoms with E-state index in [1.807, 2.05) is 4.57 Å². The van der Waals surface area contributed by atoms with Gasteiger partial charge in [0, 0.05) is 22.8 Å². The van der Waals surface area contributed by atoms with Crippen LogP contribution in [-0.2, 0) is 6.54 Å². The molecule has 0 radical (unpaired) electrons. The summed E-state index contributed by atoms with van der Waals surface area (Å²) in [5, 5.41) is 3.14. The van der Waals surface area contributed by atoms with Gasteiger partial charge >= 0.3 is 6.61 Å². The number of fused-ring (bicyclic) bond motifs is 1. The number of hydrogen-bond donors (Lipinski definition) is 1. The molecule has 0 aliphatic heterocycles. The van der Waals surface area contributed by atoms with Crippen molar-refractivity contribution in [3.63, 3.8) is 0 Å². The Hall–Kier alpha value is -2.00. The van der Waals surface area contributed by atoms with Crippen LogP contribution in [0.15, 0.2) is 29.0 Å². The van der Waals surface area contributed by atoms with Crippen LogP contribution >= 0.6 is 27.5 Å². The third kappa shape index (κ3) is 3.88. The molecule has 10 heteroatoms. The molecule has 4 rings (SSSR count). The van der Waals surface area contributed by atoms with Crippen LogP contribution < -0.4 is 10.1 Å². The van der Waals surface area contributed by atoms with Gasteiger partial charge in [0.2, 0.25) is 5.28 Å². The van der Waals surface area contributed by atoms with E-state index >= 15 is 0 Å². The number of halogens is 4. The number of nitrogens with one attached hydrogen (secondary N) is 1. The van der Waals surface area contributed by atoms with Crippen LogP contribution in [0.4, 0.5) is 20.3 Å². The molecule has 0 saturated heterocycles. The monoisotopic (exact) mass is 443 g/mol. The molecule has 3 aromatic rings. The average molecular weight is 445 g/mol. The minimum atomic E-state index is -2.91. The van der Waals surface area contributed by atoms with E-state index in [1.165, 1.54) is 25.0 Å². The molecular formula is C16H13BrClF2N5O. The van der Waals surface area contributed by atoms with Crippen molar-refractivity contribution in [3.8, 4) is 5.75 Å². The topological polar surface area (TPSA) is 64.9 Å². The molecule has 1 aliphatic carbocycles. The third-order valence-electron chi connectivity index (χ3n) is 3.95. The van der Waals surface area contributed by atoms with Crippen LogP contribution in [0.1, 0.15) is 12.8 Å². The lowest BCUT2D eigenvalue weighted by Gasteiger charge is -2.11. The average Bonchev–Trinajstić information content (AvgIpc) is 3.26. The molecule has 136 valence electrons. The Balaban J connectivity index is 1.68. The fraction of sp³-hybridized carbons (Fsp3) is 0.312. The van der Waals surface area contributed by atoms with Crippen molar-refractivity contribution >= 4 is 50.2 Å². The Bertz CT molecular complexity index is 963. The normalized spacial score (nSPS) is 14.2. The van der Waals surface area contributed by atoms with Crippen LogP contribution in [0.2, 0.25) is 5.28 Å². The highest BCUT2D eigenvalue weighted by atomic mass is 79.9. The zero-order valence-electron chi connectivity index (χ0n) is 13.3. The van der Waals surface area contributed by atoms with Crippen molar-refractivity contribution in [1.82, 2.24) is 19.5 Å². The van der Waals surface area contributed by atoms with Gasteiger partial charge in [0.25, 0.3) is 0 Å². The molecule has 0 bridgehead atoms. The Morgan fingerprint density at radius 2 is 2.12 bits per heavy atom. The first kappa shape index (κ1) is 17.4. The Morgan fingerprint density at radius 1 is 1.31 bits per heavy atom. The second-order valence-corrected chi connectivity index (χ2v) is 7.29. The molecule has 2 aromatic heterocycles. The molecular weight excluding hydrogens is 432 g/mol. The van der Waals surface area contributed by atoms with Crippen molar-refractivity contribution in [2.75, 3.05) is 5.32 Å². The number of imidazole rings is 1. The predicted molar refractivity (Wildman–Crippen MR) is 97.1 cm³/mol. The van der Waals surface area contributed by atoms with Crippen molar-refractivity contribution in [2.45, 2.75) is 26.0 Å². The van der Waals surface area contributed by atoms with Gasteiger partial charge in [0.15, 0.2) is 17.0 Å². The van der Waals surface area contributed by atoms with Gasteiger partial charge in [-0.2, -0.15) is 18.7 Å². The van der Waals surface area contributed by atoms with E-state index in [-0.39, 0.29) is 11.0 Å². The molecule has 1 fully saturated rings. The number of anilines is 2. The molecule has 1 aliphatic rings. The molecule has 0 amide bonds. The van der Waals surface area contributed by atoms with E-state index in [4.69, 9.17) is 11.6 Å². The molecule has 2 heterocycles. The van der Waals surface area contributed by atoms with Gasteiger partial charge in [-0.15, -0.1) is 0 Å². The van der Waals surface area contributed by atoms with Gasteiger partial charge in [0.1, 0.15) is 5.75 Å². The SMILES string of the molecule is FC(F)Oc1cc(Br)cc(Nc2nc(Cl)nc3c2ncn3CC2CC2)c1. The highest BCUT2D eigenvalue weighted by Crippen LogP contribution is 2.33. The summed E-state index contributed by atoms with van der Waals surface area (Å²) in [7, 11) is 0. The molecule has 1 N–H and O–H groups in total. The minimum Gasteiger partial charge on any atom is -0.435 e. The lowest BCUT2D eigenvalue weighted by atomic mass is 10.3. The smallest absolute Gasteiger partial charge is 0.387 e. The van der Waals surface area contributed by atoms with Gasteiger partial charge in [-0.25, -0.2) is 4.98 Å². The molecule has 6 nitrogen and oxygen atoms in total. The summed E-state index contributed by atoms with van der Waals surface area (Å²) >= 11 is 9.34. The summed E-state index contributed by atoms with van der Waals surface area (Å²) in [5.74, 6) is 1.07. The second-order valence-electron chi connectivity index (χ2n) is 6.03. The summed E-state index contributed by atoms with van der Waals surface area (Å²) in [5.41, 5.74) is 1.70. The van der Waals surface area contributed by atoms with Gasteiger partial charge in [0.05, 0.1) is 6.33 Å². The quantitative estimate of drug-likeness (QED) is 0.542. The first-order valence-electron chi connectivity index (χ1n) is 7.89. The molecule has 0 atom stereocenters. The first-order chi connectivity index (χ1) is 12.5. The van der Waals surface area contributed by atoms with Gasteiger partial charge in [-0.3, -0.25) is 0 Å². The number of aromatic nitrogens is 4. The number of ether oxygens (including phenoxy) is 1. The summed E-state index contributed by atoms with van der Waals surface area (Å²) < 4.78 is 31.9. The molecule has 1 aromatic carbocycles. The summed E-state index contributed by atoms with van der Waals surface area (Å²) in [6, 6.07) is 4.60. The highest BCUT2D eigenvalue weighted by Gasteiger charge is 2.23. The lowest BCUT2D eigenvalue weighted by molar-refractivity contribution is -0.0498. The van der Waals surface area contributed by atoms with Crippen molar-refractivity contribution < 1.29 is 13.5 Å². The van der Waals surface area contributed by atoms with Crippen LogP contribution in [0.3, 0.4) is 0 Å². The summed E-state index contributed by atoms with van der Waals surface area (Å²) in [6.07, 6.45) is 4.12. The van der Waals surface area contributed by atoms with Crippen molar-refractivity contribution in [2.24, 2.45) is 5.92 Å². The van der Waals surface area contributed by atoms with Crippen LogP contribution in [0.5, 0.6) is 5.75 Å². The van der Waals surface area contributed by atoms with Gasteiger partial charge < -0.3 is 14.6 Å². The Labute approximate surface area is 160 Å². The lowest BCUT2D eigenvalue weighted by Crippen LogP contribution is -2.03. The maximum absolute atomic E-state index is 12.5. The van der Waals surface area contributed by atoms with E-state index in [1.54, 1.807) is 12.4 Å². The number of nitrogens with zero attached hydrogens (tertiary/aromatic N) is 4. The van der Waals surface area contributed by atoms with Crippen LogP contribution in [0.25, 0.3) is 11.2 Å². The molecule has 0 unspecified atom stereocenters. The number of hydrogen-bond acceptors (Lipinski definition) is 5. The predicted octanol–water partition coefficient (Wildman–Crippen LogP) is 5.00. The van der Waals surface area contributed by atoms with E-state index < -0.39 is 6.61 Å². The van der Waals surface area contributed by atoms with Crippen LogP contribution in [-0.4, -0.2) is 26.1 Å². The standard InChI is InChI=1S/C16H13BrClF2N5O/c17-9-3-10(5-11(4-9)26-16(19)20)22-13-12-14(24-15(18)23-13)25(7-21-12)6-8-1-2-8/h3-5,7-8,16H,1-2,6H2,(H,22,23,24). The number of rotatable bonds is 6. The highest BCUT2D eigenvalue weighted by molar-refractivity contribution is 9.10.